The Bertz CT molecular complexity index is 556. The van der Waals surface area contributed by atoms with Crippen LogP contribution in [0, 0.1) is 12.3 Å². The zero-order chi connectivity index (χ0) is 15.6. The van der Waals surface area contributed by atoms with Crippen molar-refractivity contribution >= 4 is 29.3 Å². The summed E-state index contributed by atoms with van der Waals surface area (Å²) in [5.41, 5.74) is 0.490. The number of halogens is 1. The van der Waals surface area contributed by atoms with Gasteiger partial charge < -0.3 is 15.7 Å². The number of carbonyl (C=O) groups is 2. The fourth-order valence-electron chi connectivity index (χ4n) is 2.75. The van der Waals surface area contributed by atoms with Gasteiger partial charge in [-0.2, -0.15) is 0 Å². The SMILES string of the molecule is Cc1cccc(Cl)c1NC(=O)NC1CCCC1(C)C(=O)O. The predicted octanol–water partition coefficient (Wildman–Crippen LogP) is 3.41. The van der Waals surface area contributed by atoms with Crippen molar-refractivity contribution in [1.29, 1.82) is 0 Å². The number of rotatable bonds is 3. The molecular weight excluding hydrogens is 292 g/mol. The zero-order valence-corrected chi connectivity index (χ0v) is 12.8. The molecule has 2 atom stereocenters. The molecule has 114 valence electrons. The van der Waals surface area contributed by atoms with E-state index in [-0.39, 0.29) is 6.04 Å². The molecule has 2 amide bonds. The minimum Gasteiger partial charge on any atom is -0.481 e. The number of hydrogen-bond donors (Lipinski definition) is 3. The van der Waals surface area contributed by atoms with E-state index in [1.807, 2.05) is 13.0 Å². The third kappa shape index (κ3) is 3.13. The minimum atomic E-state index is -0.910. The number of aryl methyl sites for hydroxylation is 1. The minimum absolute atomic E-state index is 0.377. The lowest BCUT2D eigenvalue weighted by atomic mass is 9.85. The van der Waals surface area contributed by atoms with E-state index in [9.17, 15) is 14.7 Å². The van der Waals surface area contributed by atoms with Gasteiger partial charge in [-0.3, -0.25) is 4.79 Å². The van der Waals surface area contributed by atoms with Crippen molar-refractivity contribution in [3.05, 3.63) is 28.8 Å². The van der Waals surface area contributed by atoms with Crippen molar-refractivity contribution in [3.63, 3.8) is 0 Å². The summed E-state index contributed by atoms with van der Waals surface area (Å²) in [6, 6.07) is 4.54. The molecule has 3 N–H and O–H groups in total. The highest BCUT2D eigenvalue weighted by molar-refractivity contribution is 6.33. The Morgan fingerprint density at radius 2 is 2.14 bits per heavy atom. The van der Waals surface area contributed by atoms with Crippen LogP contribution in [0.25, 0.3) is 0 Å². The normalized spacial score (nSPS) is 24.6. The molecule has 1 aliphatic carbocycles. The molecule has 1 aliphatic rings. The summed E-state index contributed by atoms with van der Waals surface area (Å²) in [4.78, 5) is 23.5. The molecule has 21 heavy (non-hydrogen) atoms. The Morgan fingerprint density at radius 3 is 2.76 bits per heavy atom. The third-order valence-corrected chi connectivity index (χ3v) is 4.53. The number of carboxylic acids is 1. The van der Waals surface area contributed by atoms with E-state index in [0.717, 1.165) is 12.0 Å². The maximum absolute atomic E-state index is 12.1. The van der Waals surface area contributed by atoms with Crippen LogP contribution in [0.15, 0.2) is 18.2 Å². The Labute approximate surface area is 128 Å². The second kappa shape index (κ2) is 5.93. The number of anilines is 1. The number of urea groups is 1. The summed E-state index contributed by atoms with van der Waals surface area (Å²) in [5.74, 6) is -0.876. The van der Waals surface area contributed by atoms with Crippen molar-refractivity contribution in [1.82, 2.24) is 5.32 Å². The first-order valence-corrected chi connectivity index (χ1v) is 7.28. The van der Waals surface area contributed by atoms with Crippen LogP contribution in [0.1, 0.15) is 31.7 Å². The highest BCUT2D eigenvalue weighted by Crippen LogP contribution is 2.38. The van der Waals surface area contributed by atoms with Crippen molar-refractivity contribution < 1.29 is 14.7 Å². The highest BCUT2D eigenvalue weighted by Gasteiger charge is 2.45. The van der Waals surface area contributed by atoms with E-state index < -0.39 is 17.4 Å². The van der Waals surface area contributed by atoms with Crippen molar-refractivity contribution in [2.24, 2.45) is 5.41 Å². The monoisotopic (exact) mass is 310 g/mol. The van der Waals surface area contributed by atoms with E-state index in [1.165, 1.54) is 0 Å². The maximum atomic E-state index is 12.1. The molecule has 0 saturated heterocycles. The quantitative estimate of drug-likeness (QED) is 0.800. The van der Waals surface area contributed by atoms with Crippen LogP contribution in [0.4, 0.5) is 10.5 Å². The van der Waals surface area contributed by atoms with Gasteiger partial charge in [0.15, 0.2) is 0 Å². The van der Waals surface area contributed by atoms with Crippen LogP contribution >= 0.6 is 11.6 Å². The standard InChI is InChI=1S/C15H19ClN2O3/c1-9-5-3-6-10(16)12(9)18-14(21)17-11-7-4-8-15(11,2)13(19)20/h3,5-6,11H,4,7-8H2,1-2H3,(H,19,20)(H2,17,18,21). The van der Waals surface area contributed by atoms with Gasteiger partial charge in [-0.05, 0) is 38.3 Å². The van der Waals surface area contributed by atoms with Crippen molar-refractivity contribution in [2.75, 3.05) is 5.32 Å². The van der Waals surface area contributed by atoms with Gasteiger partial charge in [-0.25, -0.2) is 4.79 Å². The van der Waals surface area contributed by atoms with E-state index in [0.29, 0.717) is 23.6 Å². The molecule has 0 aliphatic heterocycles. The van der Waals surface area contributed by atoms with Crippen LogP contribution in [-0.2, 0) is 4.79 Å². The fourth-order valence-corrected chi connectivity index (χ4v) is 3.02. The van der Waals surface area contributed by atoms with Gasteiger partial charge in [0.2, 0.25) is 0 Å². The summed E-state index contributed by atoms with van der Waals surface area (Å²) >= 11 is 6.06. The zero-order valence-electron chi connectivity index (χ0n) is 12.1. The van der Waals surface area contributed by atoms with E-state index in [2.05, 4.69) is 10.6 Å². The Kier molecular flexibility index (Phi) is 4.42. The summed E-state index contributed by atoms with van der Waals surface area (Å²) in [7, 11) is 0. The number of nitrogens with one attached hydrogen (secondary N) is 2. The van der Waals surface area contributed by atoms with Gasteiger partial charge in [0.05, 0.1) is 16.1 Å². The molecular formula is C15H19ClN2O3. The third-order valence-electron chi connectivity index (χ3n) is 4.21. The van der Waals surface area contributed by atoms with Gasteiger partial charge >= 0.3 is 12.0 Å². The number of aliphatic carboxylic acids is 1. The number of carbonyl (C=O) groups excluding carboxylic acids is 1. The second-order valence-electron chi connectivity index (χ2n) is 5.70. The van der Waals surface area contributed by atoms with Gasteiger partial charge in [0, 0.05) is 6.04 Å². The van der Waals surface area contributed by atoms with Gasteiger partial charge in [0.1, 0.15) is 0 Å². The number of carboxylic acid groups (broad SMARTS) is 1. The van der Waals surface area contributed by atoms with E-state index in [1.54, 1.807) is 19.1 Å². The largest absolute Gasteiger partial charge is 0.481 e. The molecule has 1 fully saturated rings. The first-order chi connectivity index (χ1) is 9.84. The molecule has 2 unspecified atom stereocenters. The topological polar surface area (TPSA) is 78.4 Å². The van der Waals surface area contributed by atoms with Gasteiger partial charge in [-0.15, -0.1) is 0 Å². The van der Waals surface area contributed by atoms with Gasteiger partial charge in [-0.1, -0.05) is 30.2 Å². The van der Waals surface area contributed by atoms with Crippen molar-refractivity contribution in [2.45, 2.75) is 39.2 Å². The Morgan fingerprint density at radius 1 is 1.43 bits per heavy atom. The summed E-state index contributed by atoms with van der Waals surface area (Å²) < 4.78 is 0. The van der Waals surface area contributed by atoms with Crippen LogP contribution < -0.4 is 10.6 Å². The number of para-hydroxylation sites is 1. The van der Waals surface area contributed by atoms with E-state index >= 15 is 0 Å². The molecule has 1 aromatic rings. The van der Waals surface area contributed by atoms with Gasteiger partial charge in [0.25, 0.3) is 0 Å². The molecule has 0 radical (unpaired) electrons. The molecule has 0 spiro atoms. The van der Waals surface area contributed by atoms with Crippen LogP contribution in [0.5, 0.6) is 0 Å². The molecule has 1 saturated carbocycles. The predicted molar refractivity (Wildman–Crippen MR) is 81.7 cm³/mol. The second-order valence-corrected chi connectivity index (χ2v) is 6.10. The fraction of sp³-hybridized carbons (Fsp3) is 0.467. The van der Waals surface area contributed by atoms with Crippen LogP contribution in [0.3, 0.4) is 0 Å². The Hall–Kier alpha value is -1.75. The number of hydrogen-bond acceptors (Lipinski definition) is 2. The highest BCUT2D eigenvalue weighted by atomic mass is 35.5. The first-order valence-electron chi connectivity index (χ1n) is 6.90. The number of benzene rings is 1. The van der Waals surface area contributed by atoms with Crippen molar-refractivity contribution in [3.8, 4) is 0 Å². The molecule has 0 heterocycles. The lowest BCUT2D eigenvalue weighted by Gasteiger charge is -2.27. The molecule has 6 heteroatoms. The molecule has 5 nitrogen and oxygen atoms in total. The smallest absolute Gasteiger partial charge is 0.319 e. The average Bonchev–Trinajstić information content (AvgIpc) is 2.77. The number of amides is 2. The maximum Gasteiger partial charge on any atom is 0.319 e. The molecule has 1 aromatic carbocycles. The Balaban J connectivity index is 2.07. The lowest BCUT2D eigenvalue weighted by molar-refractivity contribution is -0.148. The first kappa shape index (κ1) is 15.6. The summed E-state index contributed by atoms with van der Waals surface area (Å²) in [6.07, 6.45) is 2.02. The lowest BCUT2D eigenvalue weighted by Crippen LogP contribution is -2.48. The average molecular weight is 311 g/mol. The van der Waals surface area contributed by atoms with Crippen LogP contribution in [0.2, 0.25) is 5.02 Å². The summed E-state index contributed by atoms with van der Waals surface area (Å²) in [5, 5.41) is 15.3. The van der Waals surface area contributed by atoms with E-state index in [4.69, 9.17) is 11.6 Å². The molecule has 0 aromatic heterocycles. The van der Waals surface area contributed by atoms with Crippen LogP contribution in [-0.4, -0.2) is 23.1 Å². The molecule has 2 rings (SSSR count). The molecule has 0 bridgehead atoms. The summed E-state index contributed by atoms with van der Waals surface area (Å²) in [6.45, 7) is 3.52.